The second-order valence-corrected chi connectivity index (χ2v) is 4.89. The molecule has 0 atom stereocenters. The lowest BCUT2D eigenvalue weighted by Gasteiger charge is -2.08. The summed E-state index contributed by atoms with van der Waals surface area (Å²) in [4.78, 5) is 23.8. The highest BCUT2D eigenvalue weighted by atomic mass is 16.2. The smallest absolute Gasteiger partial charge is 0.275 e. The molecule has 0 aliphatic heterocycles. The van der Waals surface area contributed by atoms with Crippen LogP contribution in [-0.4, -0.2) is 22.2 Å². The Morgan fingerprint density at radius 1 is 1.37 bits per heavy atom. The number of hydrogen-bond acceptors (Lipinski definition) is 3. The fraction of sp³-hybridized carbons (Fsp3) is 0.357. The van der Waals surface area contributed by atoms with Gasteiger partial charge in [-0.1, -0.05) is 32.0 Å². The van der Waals surface area contributed by atoms with Crippen LogP contribution in [0.15, 0.2) is 35.3 Å². The van der Waals surface area contributed by atoms with Crippen LogP contribution in [0, 0.1) is 5.92 Å². The molecule has 2 aromatic rings. The Labute approximate surface area is 111 Å². The Morgan fingerprint density at radius 3 is 2.84 bits per heavy atom. The van der Waals surface area contributed by atoms with Gasteiger partial charge in [-0.25, -0.2) is 4.68 Å². The van der Waals surface area contributed by atoms with Gasteiger partial charge in [0.15, 0.2) is 0 Å². The minimum atomic E-state index is -0.238. The number of nitrogens with zero attached hydrogens (tertiary/aromatic N) is 2. The highest BCUT2D eigenvalue weighted by molar-refractivity contribution is 5.81. The van der Waals surface area contributed by atoms with E-state index in [-0.39, 0.29) is 18.0 Å². The van der Waals surface area contributed by atoms with Gasteiger partial charge in [0, 0.05) is 11.9 Å². The van der Waals surface area contributed by atoms with Crippen LogP contribution in [0.25, 0.3) is 10.8 Å². The van der Waals surface area contributed by atoms with Gasteiger partial charge in [0.1, 0.15) is 6.54 Å². The number of carbonyl (C=O) groups excluding carboxylic acids is 1. The monoisotopic (exact) mass is 259 g/mol. The summed E-state index contributed by atoms with van der Waals surface area (Å²) in [5.74, 6) is 0.184. The van der Waals surface area contributed by atoms with E-state index in [2.05, 4.69) is 10.4 Å². The fourth-order valence-electron chi connectivity index (χ4n) is 1.75. The first-order valence-corrected chi connectivity index (χ1v) is 6.29. The Balaban J connectivity index is 2.20. The van der Waals surface area contributed by atoms with Gasteiger partial charge in [-0.05, 0) is 12.0 Å². The summed E-state index contributed by atoms with van der Waals surface area (Å²) in [6.45, 7) is 4.58. The third-order valence-electron chi connectivity index (χ3n) is 2.76. The van der Waals surface area contributed by atoms with Crippen LogP contribution >= 0.6 is 0 Å². The summed E-state index contributed by atoms with van der Waals surface area (Å²) in [5, 5.41) is 8.15. The Kier molecular flexibility index (Phi) is 3.94. The molecule has 5 heteroatoms. The van der Waals surface area contributed by atoms with Gasteiger partial charge in [-0.2, -0.15) is 5.10 Å². The molecule has 0 saturated heterocycles. The van der Waals surface area contributed by atoms with E-state index in [0.717, 1.165) is 5.39 Å². The van der Waals surface area contributed by atoms with E-state index in [1.165, 1.54) is 4.68 Å². The van der Waals surface area contributed by atoms with Gasteiger partial charge in [0.25, 0.3) is 5.56 Å². The molecule has 0 aliphatic rings. The third kappa shape index (κ3) is 3.19. The topological polar surface area (TPSA) is 64.0 Å². The van der Waals surface area contributed by atoms with E-state index in [0.29, 0.717) is 17.8 Å². The largest absolute Gasteiger partial charge is 0.354 e. The second kappa shape index (κ2) is 5.65. The zero-order valence-corrected chi connectivity index (χ0v) is 11.1. The number of rotatable bonds is 4. The van der Waals surface area contributed by atoms with Crippen molar-refractivity contribution in [3.05, 3.63) is 40.8 Å². The molecule has 0 unspecified atom stereocenters. The van der Waals surface area contributed by atoms with E-state index < -0.39 is 0 Å². The summed E-state index contributed by atoms with van der Waals surface area (Å²) in [7, 11) is 0. The van der Waals surface area contributed by atoms with Crippen LogP contribution in [0.2, 0.25) is 0 Å². The number of benzene rings is 1. The molecule has 100 valence electrons. The van der Waals surface area contributed by atoms with Crippen molar-refractivity contribution >= 4 is 16.7 Å². The van der Waals surface area contributed by atoms with Crippen molar-refractivity contribution in [2.24, 2.45) is 5.92 Å². The van der Waals surface area contributed by atoms with Crippen molar-refractivity contribution in [2.75, 3.05) is 6.54 Å². The van der Waals surface area contributed by atoms with Crippen LogP contribution in [0.3, 0.4) is 0 Å². The molecule has 0 fully saturated rings. The summed E-state index contributed by atoms with van der Waals surface area (Å²) in [5.41, 5.74) is -0.238. The van der Waals surface area contributed by atoms with Crippen molar-refractivity contribution in [3.8, 4) is 0 Å². The van der Waals surface area contributed by atoms with Crippen LogP contribution in [0.4, 0.5) is 0 Å². The van der Waals surface area contributed by atoms with Gasteiger partial charge >= 0.3 is 0 Å². The number of nitrogens with one attached hydrogen (secondary N) is 1. The average molecular weight is 259 g/mol. The quantitative estimate of drug-likeness (QED) is 0.896. The summed E-state index contributed by atoms with van der Waals surface area (Å²) in [6.07, 6.45) is 1.60. The predicted octanol–water partition coefficient (Wildman–Crippen LogP) is 1.17. The SMILES string of the molecule is CC(C)CNC(=O)Cn1ncc2ccccc2c1=O. The van der Waals surface area contributed by atoms with E-state index in [4.69, 9.17) is 0 Å². The molecule has 1 amide bonds. The van der Waals surface area contributed by atoms with Crippen molar-refractivity contribution in [1.82, 2.24) is 15.1 Å². The molecule has 2 rings (SSSR count). The van der Waals surface area contributed by atoms with Crippen LogP contribution in [0.1, 0.15) is 13.8 Å². The molecule has 0 radical (unpaired) electrons. The van der Waals surface area contributed by atoms with Gasteiger partial charge in [0.2, 0.25) is 5.91 Å². The number of amides is 1. The number of aromatic nitrogens is 2. The van der Waals surface area contributed by atoms with E-state index in [9.17, 15) is 9.59 Å². The van der Waals surface area contributed by atoms with Gasteiger partial charge in [-0.3, -0.25) is 9.59 Å². The maximum absolute atomic E-state index is 12.1. The molecule has 1 aromatic carbocycles. The molecular formula is C14H17N3O2. The molecule has 0 aliphatic carbocycles. The Morgan fingerprint density at radius 2 is 2.11 bits per heavy atom. The third-order valence-corrected chi connectivity index (χ3v) is 2.76. The first-order valence-electron chi connectivity index (χ1n) is 6.29. The summed E-state index contributed by atoms with van der Waals surface area (Å²) < 4.78 is 1.19. The van der Waals surface area contributed by atoms with Gasteiger partial charge in [-0.15, -0.1) is 0 Å². The lowest BCUT2D eigenvalue weighted by atomic mass is 10.2. The maximum atomic E-state index is 12.1. The predicted molar refractivity (Wildman–Crippen MR) is 73.9 cm³/mol. The molecule has 1 N–H and O–H groups in total. The Hall–Kier alpha value is -2.17. The van der Waals surface area contributed by atoms with E-state index in [1.807, 2.05) is 26.0 Å². The van der Waals surface area contributed by atoms with Crippen molar-refractivity contribution in [3.63, 3.8) is 0 Å². The molecule has 0 bridgehead atoms. The van der Waals surface area contributed by atoms with E-state index in [1.54, 1.807) is 18.3 Å². The Bertz CT molecular complexity index is 646. The summed E-state index contributed by atoms with van der Waals surface area (Å²) >= 11 is 0. The normalized spacial score (nSPS) is 10.9. The molecule has 19 heavy (non-hydrogen) atoms. The number of hydrogen-bond donors (Lipinski definition) is 1. The molecular weight excluding hydrogens is 242 g/mol. The minimum absolute atomic E-state index is 0.0453. The molecule has 0 spiro atoms. The molecule has 0 saturated carbocycles. The molecule has 1 heterocycles. The maximum Gasteiger partial charge on any atom is 0.275 e. The van der Waals surface area contributed by atoms with Gasteiger partial charge < -0.3 is 5.32 Å². The lowest BCUT2D eigenvalue weighted by Crippen LogP contribution is -2.35. The number of fused-ring (bicyclic) bond motifs is 1. The highest BCUT2D eigenvalue weighted by Gasteiger charge is 2.08. The standard InChI is InChI=1S/C14H17N3O2/c1-10(2)7-15-13(18)9-17-14(19)12-6-4-3-5-11(12)8-16-17/h3-6,8,10H,7,9H2,1-2H3,(H,15,18). The van der Waals surface area contributed by atoms with Crippen molar-refractivity contribution < 1.29 is 4.79 Å². The van der Waals surface area contributed by atoms with Crippen LogP contribution in [-0.2, 0) is 11.3 Å². The highest BCUT2D eigenvalue weighted by Crippen LogP contribution is 2.06. The first kappa shape index (κ1) is 13.3. The summed E-state index contributed by atoms with van der Waals surface area (Å²) in [6, 6.07) is 7.21. The lowest BCUT2D eigenvalue weighted by molar-refractivity contribution is -0.122. The van der Waals surface area contributed by atoms with Crippen LogP contribution in [0.5, 0.6) is 0 Å². The van der Waals surface area contributed by atoms with Gasteiger partial charge in [0.05, 0.1) is 11.6 Å². The first-order chi connectivity index (χ1) is 9.08. The second-order valence-electron chi connectivity index (χ2n) is 4.89. The van der Waals surface area contributed by atoms with Crippen molar-refractivity contribution in [1.29, 1.82) is 0 Å². The zero-order valence-electron chi connectivity index (χ0n) is 11.1. The van der Waals surface area contributed by atoms with Crippen molar-refractivity contribution in [2.45, 2.75) is 20.4 Å². The zero-order chi connectivity index (χ0) is 13.8. The van der Waals surface area contributed by atoms with E-state index >= 15 is 0 Å². The fourth-order valence-corrected chi connectivity index (χ4v) is 1.75. The molecule has 1 aromatic heterocycles. The van der Waals surface area contributed by atoms with Crippen LogP contribution < -0.4 is 10.9 Å². The average Bonchev–Trinajstić information content (AvgIpc) is 2.40. The minimum Gasteiger partial charge on any atom is -0.354 e. The number of carbonyl (C=O) groups is 1. The molecule has 5 nitrogen and oxygen atoms in total.